The molecule has 0 aromatic carbocycles. The van der Waals surface area contributed by atoms with Crippen LogP contribution in [-0.4, -0.2) is 37.3 Å². The van der Waals surface area contributed by atoms with Gasteiger partial charge in [0.05, 0.1) is 19.0 Å². The number of aromatic nitrogens is 4. The molecule has 0 bridgehead atoms. The summed E-state index contributed by atoms with van der Waals surface area (Å²) in [6.07, 6.45) is 0.889. The summed E-state index contributed by atoms with van der Waals surface area (Å²) in [6, 6.07) is 0. The molecule has 0 radical (unpaired) electrons. The molecular formula is C9H13N5O3. The number of nitrogens with zero attached hydrogens (tertiary/aromatic N) is 3. The van der Waals surface area contributed by atoms with Crippen LogP contribution in [0.15, 0.2) is 11.1 Å². The third-order valence-electron chi connectivity index (χ3n) is 2.08. The average Bonchev–Trinajstić information content (AvgIpc) is 2.61. The molecule has 8 heteroatoms. The highest BCUT2D eigenvalue weighted by Crippen LogP contribution is 2.06. The van der Waals surface area contributed by atoms with E-state index in [1.807, 2.05) is 0 Å². The van der Waals surface area contributed by atoms with Crippen molar-refractivity contribution in [3.63, 3.8) is 0 Å². The number of aliphatic hydroxyl groups is 1. The van der Waals surface area contributed by atoms with Crippen molar-refractivity contribution in [2.24, 2.45) is 0 Å². The topological polar surface area (TPSA) is 119 Å². The molecule has 8 nitrogen and oxygen atoms in total. The molecule has 1 atom stereocenters. The Morgan fingerprint density at radius 1 is 1.71 bits per heavy atom. The van der Waals surface area contributed by atoms with Gasteiger partial charge in [0, 0.05) is 0 Å². The van der Waals surface area contributed by atoms with Crippen LogP contribution < -0.4 is 11.3 Å². The molecule has 4 N–H and O–H groups in total. The van der Waals surface area contributed by atoms with Gasteiger partial charge in [0.2, 0.25) is 5.95 Å². The van der Waals surface area contributed by atoms with Crippen LogP contribution >= 0.6 is 0 Å². The smallest absolute Gasteiger partial charge is 0.280 e. The molecule has 2 aromatic heterocycles. The van der Waals surface area contributed by atoms with Gasteiger partial charge in [-0.25, -0.2) is 4.98 Å². The van der Waals surface area contributed by atoms with Crippen LogP contribution in [0.5, 0.6) is 0 Å². The molecule has 0 saturated carbocycles. The Bertz CT molecular complexity index is 574. The normalized spacial score (nSPS) is 13.1. The lowest BCUT2D eigenvalue weighted by atomic mass is 10.4. The Labute approximate surface area is 96.1 Å². The standard InChI is InChI=1S/C9H13N5O3/c1-5(15)2-17-4-14-3-11-6-7(14)12-9(10)13-8(6)16/h3,5,15H,2,4H2,1H3,(H3,10,12,13,16). The van der Waals surface area contributed by atoms with Crippen molar-refractivity contribution < 1.29 is 9.84 Å². The third-order valence-corrected chi connectivity index (χ3v) is 2.08. The zero-order valence-electron chi connectivity index (χ0n) is 9.25. The van der Waals surface area contributed by atoms with Gasteiger partial charge < -0.3 is 15.6 Å². The number of imidazole rings is 1. The number of H-pyrrole nitrogens is 1. The first-order valence-corrected chi connectivity index (χ1v) is 5.04. The van der Waals surface area contributed by atoms with Crippen molar-refractivity contribution in [1.82, 2.24) is 19.5 Å². The maximum Gasteiger partial charge on any atom is 0.280 e. The van der Waals surface area contributed by atoms with Crippen molar-refractivity contribution >= 4 is 17.1 Å². The zero-order chi connectivity index (χ0) is 12.4. The molecule has 0 saturated heterocycles. The molecule has 0 aliphatic heterocycles. The fraction of sp³-hybridized carbons (Fsp3) is 0.444. The van der Waals surface area contributed by atoms with Gasteiger partial charge in [-0.15, -0.1) is 0 Å². The van der Waals surface area contributed by atoms with Gasteiger partial charge in [0.25, 0.3) is 5.56 Å². The number of nitrogens with two attached hydrogens (primary N) is 1. The number of ether oxygens (including phenoxy) is 1. The number of anilines is 1. The Morgan fingerprint density at radius 3 is 3.18 bits per heavy atom. The number of aliphatic hydroxyl groups excluding tert-OH is 1. The van der Waals surface area contributed by atoms with Crippen molar-refractivity contribution in [2.45, 2.75) is 19.8 Å². The van der Waals surface area contributed by atoms with Crippen LogP contribution in [0.3, 0.4) is 0 Å². The summed E-state index contributed by atoms with van der Waals surface area (Å²) in [7, 11) is 0. The summed E-state index contributed by atoms with van der Waals surface area (Å²) in [5.74, 6) is 0.0276. The molecule has 0 aliphatic carbocycles. The number of hydrogen-bond donors (Lipinski definition) is 3. The first-order valence-electron chi connectivity index (χ1n) is 5.04. The molecule has 1 unspecified atom stereocenters. The van der Waals surface area contributed by atoms with Gasteiger partial charge in [-0.2, -0.15) is 4.98 Å². The molecule has 0 fully saturated rings. The molecule has 0 spiro atoms. The molecule has 0 amide bonds. The van der Waals surface area contributed by atoms with E-state index in [-0.39, 0.29) is 30.4 Å². The highest BCUT2D eigenvalue weighted by Gasteiger charge is 2.09. The highest BCUT2D eigenvalue weighted by atomic mass is 16.5. The van der Waals surface area contributed by atoms with E-state index in [4.69, 9.17) is 15.6 Å². The Balaban J connectivity index is 2.26. The average molecular weight is 239 g/mol. The predicted octanol–water partition coefficient (Wildman–Crippen LogP) is -0.943. The number of nitrogens with one attached hydrogen (secondary N) is 1. The minimum absolute atomic E-state index is 0.0276. The van der Waals surface area contributed by atoms with E-state index in [0.29, 0.717) is 5.65 Å². The number of hydrogen-bond acceptors (Lipinski definition) is 6. The SMILES string of the molecule is CC(O)COCn1cnc2c(=O)[nH]c(N)nc21. The second-order valence-corrected chi connectivity index (χ2v) is 3.69. The fourth-order valence-corrected chi connectivity index (χ4v) is 1.39. The van der Waals surface area contributed by atoms with E-state index in [2.05, 4.69) is 15.0 Å². The van der Waals surface area contributed by atoms with Gasteiger partial charge in [-0.05, 0) is 6.92 Å². The van der Waals surface area contributed by atoms with E-state index in [9.17, 15) is 4.79 Å². The van der Waals surface area contributed by atoms with Crippen LogP contribution in [0.4, 0.5) is 5.95 Å². The summed E-state index contributed by atoms with van der Waals surface area (Å²) in [6.45, 7) is 1.96. The Morgan fingerprint density at radius 2 is 2.47 bits per heavy atom. The lowest BCUT2D eigenvalue weighted by molar-refractivity contribution is 0.0139. The summed E-state index contributed by atoms with van der Waals surface area (Å²) >= 11 is 0. The molecule has 92 valence electrons. The van der Waals surface area contributed by atoms with E-state index < -0.39 is 6.10 Å². The van der Waals surface area contributed by atoms with Crippen LogP contribution in [0, 0.1) is 0 Å². The molecule has 0 aliphatic rings. The van der Waals surface area contributed by atoms with Crippen molar-refractivity contribution in [3.8, 4) is 0 Å². The Hall–Kier alpha value is -1.93. The summed E-state index contributed by atoms with van der Waals surface area (Å²) in [4.78, 5) is 21.7. The van der Waals surface area contributed by atoms with Crippen LogP contribution in [0.1, 0.15) is 6.92 Å². The molecular weight excluding hydrogens is 226 g/mol. The van der Waals surface area contributed by atoms with Crippen LogP contribution in [-0.2, 0) is 11.5 Å². The molecule has 2 aromatic rings. The Kier molecular flexibility index (Phi) is 3.07. The van der Waals surface area contributed by atoms with Gasteiger partial charge in [0.1, 0.15) is 6.73 Å². The lowest BCUT2D eigenvalue weighted by Crippen LogP contribution is -2.14. The summed E-state index contributed by atoms with van der Waals surface area (Å²) < 4.78 is 6.75. The summed E-state index contributed by atoms with van der Waals surface area (Å²) in [5.41, 5.74) is 5.62. The van der Waals surface area contributed by atoms with Gasteiger partial charge >= 0.3 is 0 Å². The first-order chi connectivity index (χ1) is 8.08. The fourth-order valence-electron chi connectivity index (χ4n) is 1.39. The summed E-state index contributed by atoms with van der Waals surface area (Å²) in [5, 5.41) is 9.04. The zero-order valence-corrected chi connectivity index (χ0v) is 9.25. The molecule has 2 heterocycles. The van der Waals surface area contributed by atoms with Gasteiger partial charge in [-0.1, -0.05) is 0 Å². The highest BCUT2D eigenvalue weighted by molar-refractivity contribution is 5.70. The number of fused-ring (bicyclic) bond motifs is 1. The van der Waals surface area contributed by atoms with Crippen molar-refractivity contribution in [1.29, 1.82) is 0 Å². The van der Waals surface area contributed by atoms with Gasteiger partial charge in [0.15, 0.2) is 11.2 Å². The minimum Gasteiger partial charge on any atom is -0.391 e. The van der Waals surface area contributed by atoms with Crippen molar-refractivity contribution in [3.05, 3.63) is 16.7 Å². The minimum atomic E-state index is -0.550. The second-order valence-electron chi connectivity index (χ2n) is 3.69. The first kappa shape index (κ1) is 11.6. The number of rotatable bonds is 4. The second kappa shape index (κ2) is 4.52. The van der Waals surface area contributed by atoms with Gasteiger partial charge in [-0.3, -0.25) is 14.3 Å². The maximum atomic E-state index is 11.5. The quantitative estimate of drug-likeness (QED) is 0.633. The largest absolute Gasteiger partial charge is 0.391 e. The monoisotopic (exact) mass is 239 g/mol. The van der Waals surface area contributed by atoms with Crippen LogP contribution in [0.25, 0.3) is 11.2 Å². The van der Waals surface area contributed by atoms with E-state index in [1.54, 1.807) is 11.5 Å². The van der Waals surface area contributed by atoms with E-state index >= 15 is 0 Å². The third kappa shape index (κ3) is 2.43. The number of aromatic amines is 1. The van der Waals surface area contributed by atoms with E-state index in [1.165, 1.54) is 6.33 Å². The predicted molar refractivity (Wildman–Crippen MR) is 60.2 cm³/mol. The number of nitrogen functional groups attached to an aromatic ring is 1. The molecule has 2 rings (SSSR count). The van der Waals surface area contributed by atoms with Crippen molar-refractivity contribution in [2.75, 3.05) is 12.3 Å². The van der Waals surface area contributed by atoms with Crippen LogP contribution in [0.2, 0.25) is 0 Å². The maximum absolute atomic E-state index is 11.5. The van der Waals surface area contributed by atoms with E-state index in [0.717, 1.165) is 0 Å². The molecule has 17 heavy (non-hydrogen) atoms. The lowest BCUT2D eigenvalue weighted by Gasteiger charge is -2.07.